The minimum absolute atomic E-state index is 0.0223. The highest BCUT2D eigenvalue weighted by molar-refractivity contribution is 5.72. The predicted molar refractivity (Wildman–Crippen MR) is 65.1 cm³/mol. The third kappa shape index (κ3) is 1.83. The first kappa shape index (κ1) is 12.2. The SMILES string of the molecule is CCNc1n[n+]([O-])c2cc(C)c(OC)cc2[n+]1[O-]. The van der Waals surface area contributed by atoms with Gasteiger partial charge in [-0.1, -0.05) is 0 Å². The first-order valence-corrected chi connectivity index (χ1v) is 5.54. The number of aryl methyl sites for hydroxylation is 1. The van der Waals surface area contributed by atoms with E-state index in [1.54, 1.807) is 13.0 Å². The summed E-state index contributed by atoms with van der Waals surface area (Å²) in [7, 11) is 1.51. The second-order valence-corrected chi connectivity index (χ2v) is 3.83. The Morgan fingerprint density at radius 1 is 1.33 bits per heavy atom. The van der Waals surface area contributed by atoms with Crippen molar-refractivity contribution in [1.82, 2.24) is 5.10 Å². The van der Waals surface area contributed by atoms with Crippen molar-refractivity contribution in [3.05, 3.63) is 28.1 Å². The van der Waals surface area contributed by atoms with Crippen molar-refractivity contribution in [3.8, 4) is 5.75 Å². The Bertz CT molecular complexity index is 601. The van der Waals surface area contributed by atoms with E-state index in [2.05, 4.69) is 10.4 Å². The topological polar surface area (TPSA) is 88.0 Å². The van der Waals surface area contributed by atoms with E-state index < -0.39 is 0 Å². The maximum atomic E-state index is 12.0. The van der Waals surface area contributed by atoms with Crippen LogP contribution in [-0.4, -0.2) is 18.8 Å². The number of ether oxygens (including phenoxy) is 1. The van der Waals surface area contributed by atoms with Crippen LogP contribution in [0.3, 0.4) is 0 Å². The monoisotopic (exact) mass is 250 g/mol. The fourth-order valence-corrected chi connectivity index (χ4v) is 1.76. The molecule has 0 saturated heterocycles. The Balaban J connectivity index is 2.77. The van der Waals surface area contributed by atoms with Crippen LogP contribution < -0.4 is 19.6 Å². The first-order chi connectivity index (χ1) is 8.58. The predicted octanol–water partition coefficient (Wildman–Crippen LogP) is 0.250. The zero-order chi connectivity index (χ0) is 13.3. The maximum Gasteiger partial charge on any atom is 0.460 e. The van der Waals surface area contributed by atoms with Gasteiger partial charge in [-0.25, -0.2) is 4.73 Å². The molecule has 0 aliphatic carbocycles. The molecular formula is C11H14N4O3. The molecular weight excluding hydrogens is 236 g/mol. The van der Waals surface area contributed by atoms with Crippen LogP contribution in [0.1, 0.15) is 12.5 Å². The molecule has 1 aromatic carbocycles. The Morgan fingerprint density at radius 2 is 2.06 bits per heavy atom. The number of methoxy groups -OCH3 is 1. The lowest BCUT2D eigenvalue weighted by Crippen LogP contribution is -2.44. The van der Waals surface area contributed by atoms with E-state index in [4.69, 9.17) is 4.74 Å². The molecule has 0 bridgehead atoms. The summed E-state index contributed by atoms with van der Waals surface area (Å²) in [5, 5.41) is 30.2. The summed E-state index contributed by atoms with van der Waals surface area (Å²) in [6.45, 7) is 4.12. The molecule has 0 spiro atoms. The molecule has 0 aliphatic heterocycles. The van der Waals surface area contributed by atoms with Gasteiger partial charge in [0.1, 0.15) is 5.75 Å². The highest BCUT2D eigenvalue weighted by Gasteiger charge is 2.21. The molecule has 18 heavy (non-hydrogen) atoms. The second-order valence-electron chi connectivity index (χ2n) is 3.83. The number of hydrogen-bond acceptors (Lipinski definition) is 5. The van der Waals surface area contributed by atoms with Crippen molar-refractivity contribution in [2.75, 3.05) is 19.0 Å². The zero-order valence-electron chi connectivity index (χ0n) is 10.4. The lowest BCUT2D eigenvalue weighted by atomic mass is 10.2. The van der Waals surface area contributed by atoms with E-state index >= 15 is 0 Å². The summed E-state index contributed by atoms with van der Waals surface area (Å²) in [6, 6.07) is 3.12. The van der Waals surface area contributed by atoms with Crippen LogP contribution >= 0.6 is 0 Å². The van der Waals surface area contributed by atoms with E-state index in [0.29, 0.717) is 21.9 Å². The molecule has 2 rings (SSSR count). The van der Waals surface area contributed by atoms with Crippen molar-refractivity contribution in [1.29, 1.82) is 0 Å². The van der Waals surface area contributed by atoms with Crippen molar-refractivity contribution in [2.45, 2.75) is 13.8 Å². The van der Waals surface area contributed by atoms with Gasteiger partial charge in [0.2, 0.25) is 5.10 Å². The van der Waals surface area contributed by atoms with Crippen molar-refractivity contribution < 1.29 is 14.3 Å². The van der Waals surface area contributed by atoms with Crippen molar-refractivity contribution >= 4 is 17.0 Å². The number of nitrogens with zero attached hydrogens (tertiary/aromatic N) is 3. The summed E-state index contributed by atoms with van der Waals surface area (Å²) in [6.07, 6.45) is 0. The molecule has 7 heteroatoms. The van der Waals surface area contributed by atoms with Gasteiger partial charge >= 0.3 is 5.95 Å². The molecule has 0 radical (unpaired) electrons. The summed E-state index contributed by atoms with van der Waals surface area (Å²) in [5.74, 6) is 0.534. The van der Waals surface area contributed by atoms with Gasteiger partial charge < -0.3 is 15.2 Å². The van der Waals surface area contributed by atoms with E-state index in [1.165, 1.54) is 13.2 Å². The van der Waals surface area contributed by atoms with Crippen LogP contribution in [0.5, 0.6) is 5.75 Å². The molecule has 0 aliphatic rings. The van der Waals surface area contributed by atoms with Gasteiger partial charge in [-0.15, -0.1) is 0 Å². The largest absolute Gasteiger partial charge is 0.739 e. The van der Waals surface area contributed by atoms with Crippen LogP contribution in [0.4, 0.5) is 5.95 Å². The minimum Gasteiger partial charge on any atom is -0.739 e. The third-order valence-electron chi connectivity index (χ3n) is 2.63. The number of hydrogen-bond donors (Lipinski definition) is 1. The van der Waals surface area contributed by atoms with E-state index in [1.807, 2.05) is 6.92 Å². The van der Waals surface area contributed by atoms with E-state index in [0.717, 1.165) is 5.56 Å². The molecule has 1 heterocycles. The molecule has 0 saturated carbocycles. The van der Waals surface area contributed by atoms with Gasteiger partial charge in [-0.2, -0.15) is 0 Å². The van der Waals surface area contributed by atoms with Crippen LogP contribution in [0.25, 0.3) is 11.0 Å². The normalized spacial score (nSPS) is 10.6. The molecule has 0 amide bonds. The standard InChI is InChI=1S/C11H14N4O3/c1-4-12-11-13-15(17)9-5-7(2)10(18-3)6-8(9)14(11)16/h5-6H,4H2,1-3H3,(H,12,13). The summed E-state index contributed by atoms with van der Waals surface area (Å²) < 4.78 is 5.74. The van der Waals surface area contributed by atoms with Gasteiger partial charge in [0.25, 0.3) is 5.52 Å². The Morgan fingerprint density at radius 3 is 2.67 bits per heavy atom. The van der Waals surface area contributed by atoms with Crippen LogP contribution in [0.15, 0.2) is 12.1 Å². The summed E-state index contributed by atoms with van der Waals surface area (Å²) >= 11 is 0. The van der Waals surface area contributed by atoms with E-state index in [-0.39, 0.29) is 17.0 Å². The summed E-state index contributed by atoms with van der Waals surface area (Å²) in [5.41, 5.74) is 1.20. The van der Waals surface area contributed by atoms with E-state index in [9.17, 15) is 10.4 Å². The van der Waals surface area contributed by atoms with Gasteiger partial charge in [0, 0.05) is 17.0 Å². The maximum absolute atomic E-state index is 12.0. The highest BCUT2D eigenvalue weighted by Crippen LogP contribution is 2.21. The average molecular weight is 250 g/mol. The molecule has 96 valence electrons. The molecule has 1 N–H and O–H groups in total. The fourth-order valence-electron chi connectivity index (χ4n) is 1.76. The smallest absolute Gasteiger partial charge is 0.460 e. The lowest BCUT2D eigenvalue weighted by Gasteiger charge is -2.11. The zero-order valence-corrected chi connectivity index (χ0v) is 10.4. The molecule has 1 aromatic heterocycles. The Hall–Kier alpha value is -2.31. The van der Waals surface area contributed by atoms with Gasteiger partial charge in [0.05, 0.1) is 13.7 Å². The van der Waals surface area contributed by atoms with Gasteiger partial charge in [-0.3, -0.25) is 5.32 Å². The molecule has 2 aromatic rings. The Labute approximate surface area is 104 Å². The minimum atomic E-state index is -0.0223. The van der Waals surface area contributed by atoms with Gasteiger partial charge in [0.15, 0.2) is 5.52 Å². The van der Waals surface area contributed by atoms with Crippen LogP contribution in [0, 0.1) is 17.3 Å². The highest BCUT2D eigenvalue weighted by atomic mass is 16.5. The van der Waals surface area contributed by atoms with Gasteiger partial charge in [-0.05, 0) is 19.4 Å². The second kappa shape index (κ2) is 4.52. The number of fused-ring (bicyclic) bond motifs is 1. The average Bonchev–Trinajstić information content (AvgIpc) is 2.35. The lowest BCUT2D eigenvalue weighted by molar-refractivity contribution is -0.672. The number of aromatic nitrogens is 3. The number of benzene rings is 1. The van der Waals surface area contributed by atoms with Crippen LogP contribution in [0.2, 0.25) is 0 Å². The molecule has 0 atom stereocenters. The quantitative estimate of drug-likeness (QED) is 0.623. The number of rotatable bonds is 3. The summed E-state index contributed by atoms with van der Waals surface area (Å²) in [4.78, 5) is 0.439. The van der Waals surface area contributed by atoms with Crippen molar-refractivity contribution in [2.24, 2.45) is 0 Å². The Kier molecular flexibility index (Phi) is 3.05. The fraction of sp³-hybridized carbons (Fsp3) is 0.364. The molecule has 7 nitrogen and oxygen atoms in total. The van der Waals surface area contributed by atoms with Crippen molar-refractivity contribution in [3.63, 3.8) is 0 Å². The first-order valence-electron chi connectivity index (χ1n) is 5.54. The third-order valence-corrected chi connectivity index (χ3v) is 2.63. The molecule has 0 fully saturated rings. The number of nitrogens with one attached hydrogen (secondary N) is 1. The van der Waals surface area contributed by atoms with Crippen LogP contribution in [-0.2, 0) is 0 Å². The molecule has 0 unspecified atom stereocenters. The number of anilines is 1.